The van der Waals surface area contributed by atoms with Crippen LogP contribution in [0.4, 0.5) is 0 Å². The first-order valence-corrected chi connectivity index (χ1v) is 9.44. The van der Waals surface area contributed by atoms with Crippen LogP contribution >= 0.6 is 11.3 Å². The first-order chi connectivity index (χ1) is 13.6. The van der Waals surface area contributed by atoms with Gasteiger partial charge in [0.25, 0.3) is 5.91 Å². The van der Waals surface area contributed by atoms with Crippen molar-refractivity contribution in [2.24, 2.45) is 0 Å². The van der Waals surface area contributed by atoms with Crippen molar-refractivity contribution < 1.29 is 18.7 Å². The number of fused-ring (bicyclic) bond motifs is 1. The van der Waals surface area contributed by atoms with Gasteiger partial charge in [-0.05, 0) is 37.3 Å². The fraction of sp³-hybridized carbons (Fsp3) is 0.150. The fourth-order valence-electron chi connectivity index (χ4n) is 2.74. The summed E-state index contributed by atoms with van der Waals surface area (Å²) in [4.78, 5) is 25.5. The first kappa shape index (κ1) is 18.0. The molecule has 1 aromatic carbocycles. The zero-order valence-corrected chi connectivity index (χ0v) is 15.9. The SMILES string of the molecule is Cc1nn(-c2ccccc2)c2sc(C(=O)OCC(=O)NCc3ccco3)cc12. The second-order valence-electron chi connectivity index (χ2n) is 6.09. The normalized spacial score (nSPS) is 10.9. The summed E-state index contributed by atoms with van der Waals surface area (Å²) in [7, 11) is 0. The van der Waals surface area contributed by atoms with Gasteiger partial charge >= 0.3 is 5.97 Å². The van der Waals surface area contributed by atoms with Gasteiger partial charge in [0.15, 0.2) is 6.61 Å². The summed E-state index contributed by atoms with van der Waals surface area (Å²) in [5, 5.41) is 8.07. The maximum Gasteiger partial charge on any atom is 0.348 e. The quantitative estimate of drug-likeness (QED) is 0.505. The first-order valence-electron chi connectivity index (χ1n) is 8.62. The highest BCUT2D eigenvalue weighted by Gasteiger charge is 2.19. The van der Waals surface area contributed by atoms with Crippen molar-refractivity contribution in [1.82, 2.24) is 15.1 Å². The standard InChI is InChI=1S/C20H17N3O4S/c1-13-16-10-17(28-19(16)23(22-13)14-6-3-2-4-7-14)20(25)27-12-18(24)21-11-15-8-5-9-26-15/h2-10H,11-12H2,1H3,(H,21,24). The Hall–Kier alpha value is -3.39. The van der Waals surface area contributed by atoms with Crippen molar-refractivity contribution in [2.75, 3.05) is 6.61 Å². The Morgan fingerprint density at radius 3 is 2.79 bits per heavy atom. The molecule has 0 unspecified atom stereocenters. The number of nitrogens with zero attached hydrogens (tertiary/aromatic N) is 2. The van der Waals surface area contributed by atoms with Crippen LogP contribution in [0.25, 0.3) is 15.9 Å². The second kappa shape index (κ2) is 7.69. The molecule has 0 fully saturated rings. The second-order valence-corrected chi connectivity index (χ2v) is 7.13. The number of benzene rings is 1. The van der Waals surface area contributed by atoms with E-state index < -0.39 is 11.9 Å². The minimum atomic E-state index is -0.534. The molecule has 7 nitrogen and oxygen atoms in total. The van der Waals surface area contributed by atoms with Crippen molar-refractivity contribution >= 4 is 33.4 Å². The van der Waals surface area contributed by atoms with Gasteiger partial charge < -0.3 is 14.5 Å². The Morgan fingerprint density at radius 1 is 1.21 bits per heavy atom. The number of carbonyl (C=O) groups excluding carboxylic acids is 2. The number of carbonyl (C=O) groups is 2. The summed E-state index contributed by atoms with van der Waals surface area (Å²) in [6, 6.07) is 14.9. The average Bonchev–Trinajstić information content (AvgIpc) is 3.44. The number of para-hydroxylation sites is 1. The Balaban J connectivity index is 1.44. The predicted octanol–water partition coefficient (Wildman–Crippen LogP) is 3.46. The van der Waals surface area contributed by atoms with E-state index in [1.807, 2.05) is 41.9 Å². The molecule has 0 aliphatic carbocycles. The molecule has 142 valence electrons. The van der Waals surface area contributed by atoms with Gasteiger partial charge in [-0.25, -0.2) is 9.48 Å². The van der Waals surface area contributed by atoms with Gasteiger partial charge in [0.2, 0.25) is 0 Å². The van der Waals surface area contributed by atoms with Gasteiger partial charge in [-0.2, -0.15) is 5.10 Å². The molecular formula is C20H17N3O4S. The van der Waals surface area contributed by atoms with Gasteiger partial charge in [-0.1, -0.05) is 18.2 Å². The van der Waals surface area contributed by atoms with E-state index in [1.54, 1.807) is 18.2 Å². The Morgan fingerprint density at radius 2 is 2.04 bits per heavy atom. The lowest BCUT2D eigenvalue weighted by Crippen LogP contribution is -2.28. The third-order valence-corrected chi connectivity index (χ3v) is 5.21. The Kier molecular flexibility index (Phi) is 4.94. The zero-order valence-electron chi connectivity index (χ0n) is 15.0. The number of ether oxygens (including phenoxy) is 1. The summed E-state index contributed by atoms with van der Waals surface area (Å²) in [6.45, 7) is 1.79. The van der Waals surface area contributed by atoms with Gasteiger partial charge in [0.1, 0.15) is 15.5 Å². The van der Waals surface area contributed by atoms with Crippen molar-refractivity contribution in [3.63, 3.8) is 0 Å². The third kappa shape index (κ3) is 3.67. The molecule has 0 saturated carbocycles. The Labute approximate surface area is 164 Å². The zero-order chi connectivity index (χ0) is 19.5. The van der Waals surface area contributed by atoms with Crippen LogP contribution in [0.15, 0.2) is 59.2 Å². The Bertz CT molecular complexity index is 1110. The smallest absolute Gasteiger partial charge is 0.348 e. The highest BCUT2D eigenvalue weighted by Crippen LogP contribution is 2.30. The van der Waals surface area contributed by atoms with E-state index in [9.17, 15) is 9.59 Å². The molecular weight excluding hydrogens is 378 g/mol. The number of aryl methyl sites for hydroxylation is 1. The molecule has 0 bridgehead atoms. The molecule has 28 heavy (non-hydrogen) atoms. The molecule has 0 radical (unpaired) electrons. The largest absolute Gasteiger partial charge is 0.467 e. The van der Waals surface area contributed by atoms with Crippen LogP contribution in [-0.4, -0.2) is 28.3 Å². The number of nitrogens with one attached hydrogen (secondary N) is 1. The molecule has 4 rings (SSSR count). The highest BCUT2D eigenvalue weighted by molar-refractivity contribution is 7.20. The number of rotatable bonds is 6. The molecule has 3 aromatic heterocycles. The van der Waals surface area contributed by atoms with Crippen molar-refractivity contribution in [1.29, 1.82) is 0 Å². The molecule has 8 heteroatoms. The lowest BCUT2D eigenvalue weighted by molar-refractivity contribution is -0.124. The van der Waals surface area contributed by atoms with E-state index in [0.29, 0.717) is 10.6 Å². The fourth-order valence-corrected chi connectivity index (χ4v) is 3.82. The summed E-state index contributed by atoms with van der Waals surface area (Å²) in [5.74, 6) is -0.295. The van der Waals surface area contributed by atoms with E-state index in [-0.39, 0.29) is 13.2 Å². The van der Waals surface area contributed by atoms with Crippen LogP contribution in [0.1, 0.15) is 21.1 Å². The van der Waals surface area contributed by atoms with E-state index in [1.165, 1.54) is 17.6 Å². The number of esters is 1. The number of furan rings is 1. The number of hydrogen-bond donors (Lipinski definition) is 1. The van der Waals surface area contributed by atoms with Crippen LogP contribution in [0, 0.1) is 6.92 Å². The van der Waals surface area contributed by atoms with E-state index >= 15 is 0 Å². The van der Waals surface area contributed by atoms with E-state index in [4.69, 9.17) is 9.15 Å². The van der Waals surface area contributed by atoms with Gasteiger partial charge in [0, 0.05) is 5.39 Å². The molecule has 1 amide bonds. The molecule has 0 spiro atoms. The molecule has 4 aromatic rings. The lowest BCUT2D eigenvalue weighted by atomic mass is 10.3. The third-order valence-electron chi connectivity index (χ3n) is 4.12. The van der Waals surface area contributed by atoms with Crippen molar-refractivity contribution in [3.8, 4) is 5.69 Å². The van der Waals surface area contributed by atoms with Crippen LogP contribution in [-0.2, 0) is 16.1 Å². The van der Waals surface area contributed by atoms with E-state index in [0.717, 1.165) is 21.6 Å². The molecule has 3 heterocycles. The summed E-state index contributed by atoms with van der Waals surface area (Å²) in [6.07, 6.45) is 1.53. The topological polar surface area (TPSA) is 86.4 Å². The molecule has 0 atom stereocenters. The van der Waals surface area contributed by atoms with Gasteiger partial charge in [-0.15, -0.1) is 11.3 Å². The number of thiophene rings is 1. The van der Waals surface area contributed by atoms with Gasteiger partial charge in [0.05, 0.1) is 24.2 Å². The predicted molar refractivity (Wildman–Crippen MR) is 105 cm³/mol. The summed E-state index contributed by atoms with van der Waals surface area (Å²) in [5.41, 5.74) is 1.74. The monoisotopic (exact) mass is 395 g/mol. The van der Waals surface area contributed by atoms with Crippen LogP contribution in [0.5, 0.6) is 0 Å². The minimum Gasteiger partial charge on any atom is -0.467 e. The number of amides is 1. The molecule has 0 aliphatic heterocycles. The highest BCUT2D eigenvalue weighted by atomic mass is 32.1. The van der Waals surface area contributed by atoms with Crippen LogP contribution in [0.2, 0.25) is 0 Å². The number of hydrogen-bond acceptors (Lipinski definition) is 6. The summed E-state index contributed by atoms with van der Waals surface area (Å²) < 4.78 is 12.1. The van der Waals surface area contributed by atoms with Crippen LogP contribution in [0.3, 0.4) is 0 Å². The average molecular weight is 395 g/mol. The van der Waals surface area contributed by atoms with Crippen LogP contribution < -0.4 is 5.32 Å². The van der Waals surface area contributed by atoms with Gasteiger partial charge in [-0.3, -0.25) is 4.79 Å². The maximum atomic E-state index is 12.4. The van der Waals surface area contributed by atoms with Crippen molar-refractivity contribution in [3.05, 3.63) is 71.1 Å². The maximum absolute atomic E-state index is 12.4. The molecule has 0 saturated heterocycles. The minimum absolute atomic E-state index is 0.248. The van der Waals surface area contributed by atoms with Crippen molar-refractivity contribution in [2.45, 2.75) is 13.5 Å². The molecule has 0 aliphatic rings. The lowest BCUT2D eigenvalue weighted by Gasteiger charge is -2.04. The van der Waals surface area contributed by atoms with E-state index in [2.05, 4.69) is 10.4 Å². The number of aromatic nitrogens is 2. The molecule has 1 N–H and O–H groups in total. The summed E-state index contributed by atoms with van der Waals surface area (Å²) >= 11 is 1.29.